The van der Waals surface area contributed by atoms with Gasteiger partial charge in [-0.25, -0.2) is 9.59 Å². The van der Waals surface area contributed by atoms with Crippen LogP contribution in [0, 0.1) is 10.1 Å². The summed E-state index contributed by atoms with van der Waals surface area (Å²) in [6, 6.07) is 3.60. The number of nitro groups is 1. The van der Waals surface area contributed by atoms with E-state index in [4.69, 9.17) is 23.2 Å². The minimum absolute atomic E-state index is 0.124. The van der Waals surface area contributed by atoms with Gasteiger partial charge in [-0.3, -0.25) is 10.1 Å². The zero-order chi connectivity index (χ0) is 16.2. The van der Waals surface area contributed by atoms with Crippen LogP contribution in [0.2, 0.25) is 5.02 Å². The molecule has 0 atom stereocenters. The van der Waals surface area contributed by atoms with Crippen molar-refractivity contribution in [3.63, 3.8) is 0 Å². The Balaban J connectivity index is 3.27. The normalized spacial score (nSPS) is 10.9. The number of benzene rings is 1. The molecule has 1 aromatic carbocycles. The molecule has 0 saturated carbocycles. The maximum Gasteiger partial charge on any atom is 0.338 e. The van der Waals surface area contributed by atoms with Gasteiger partial charge in [-0.05, 0) is 11.6 Å². The second-order valence-electron chi connectivity index (χ2n) is 3.99. The van der Waals surface area contributed by atoms with Crippen molar-refractivity contribution >= 4 is 40.8 Å². The molecule has 0 bridgehead atoms. The molecule has 1 aromatic rings. The Labute approximate surface area is 129 Å². The fourth-order valence-corrected chi connectivity index (χ4v) is 2.11. The Morgan fingerprint density at radius 2 is 1.81 bits per heavy atom. The zero-order valence-corrected chi connectivity index (χ0v) is 12.6. The van der Waals surface area contributed by atoms with Gasteiger partial charge >= 0.3 is 11.9 Å². The van der Waals surface area contributed by atoms with E-state index in [1.165, 1.54) is 12.1 Å². The van der Waals surface area contributed by atoms with Gasteiger partial charge in [0.1, 0.15) is 0 Å². The molecule has 0 fully saturated rings. The van der Waals surface area contributed by atoms with E-state index >= 15 is 0 Å². The van der Waals surface area contributed by atoms with E-state index in [2.05, 4.69) is 9.47 Å². The molecule has 0 aromatic heterocycles. The number of alkyl halides is 1. The van der Waals surface area contributed by atoms with Crippen molar-refractivity contribution in [3.05, 3.63) is 38.9 Å². The van der Waals surface area contributed by atoms with E-state index in [1.54, 1.807) is 0 Å². The maximum atomic E-state index is 11.7. The standard InChI is InChI=1S/C12H11Cl2NO6/c1-20-10(16)12(14,11(17)21-2)6-7-5-8(15(18)19)3-4-9(7)13/h3-5H,6H2,1-2H3. The van der Waals surface area contributed by atoms with E-state index in [0.29, 0.717) is 0 Å². The van der Waals surface area contributed by atoms with E-state index in [1.807, 2.05) is 0 Å². The van der Waals surface area contributed by atoms with Crippen molar-refractivity contribution in [1.29, 1.82) is 0 Å². The summed E-state index contributed by atoms with van der Waals surface area (Å²) >= 11 is 11.9. The second-order valence-corrected chi connectivity index (χ2v) is 5.05. The van der Waals surface area contributed by atoms with Crippen LogP contribution in [0.25, 0.3) is 0 Å². The second kappa shape index (κ2) is 6.73. The van der Waals surface area contributed by atoms with Crippen molar-refractivity contribution in [2.75, 3.05) is 14.2 Å². The third kappa shape index (κ3) is 3.62. The summed E-state index contributed by atoms with van der Waals surface area (Å²) in [7, 11) is 2.11. The topological polar surface area (TPSA) is 95.7 Å². The van der Waals surface area contributed by atoms with Crippen molar-refractivity contribution in [2.45, 2.75) is 11.3 Å². The fourth-order valence-electron chi connectivity index (χ4n) is 1.62. The first-order valence-electron chi connectivity index (χ1n) is 5.54. The molecule has 0 aliphatic carbocycles. The number of ether oxygens (including phenoxy) is 2. The largest absolute Gasteiger partial charge is 0.467 e. The molecule has 0 aliphatic heterocycles. The molecule has 9 heteroatoms. The highest BCUT2D eigenvalue weighted by atomic mass is 35.5. The molecule has 114 valence electrons. The molecule has 0 heterocycles. The lowest BCUT2D eigenvalue weighted by molar-refractivity contribution is -0.384. The van der Waals surface area contributed by atoms with Gasteiger partial charge in [0.15, 0.2) is 0 Å². The van der Waals surface area contributed by atoms with Gasteiger partial charge in [-0.15, -0.1) is 0 Å². The molecule has 0 spiro atoms. The van der Waals surface area contributed by atoms with Gasteiger partial charge in [0.25, 0.3) is 5.69 Å². The van der Waals surface area contributed by atoms with Gasteiger partial charge in [0.2, 0.25) is 4.87 Å². The van der Waals surface area contributed by atoms with Crippen LogP contribution >= 0.6 is 23.2 Å². The average molecular weight is 336 g/mol. The Kier molecular flexibility index (Phi) is 5.51. The summed E-state index contributed by atoms with van der Waals surface area (Å²) < 4.78 is 8.96. The third-order valence-electron chi connectivity index (χ3n) is 2.69. The minimum atomic E-state index is -2.16. The van der Waals surface area contributed by atoms with Gasteiger partial charge in [0.05, 0.1) is 19.1 Å². The summed E-state index contributed by atoms with van der Waals surface area (Å²) in [5.41, 5.74) is -0.0974. The van der Waals surface area contributed by atoms with Gasteiger partial charge in [-0.1, -0.05) is 23.2 Å². The quantitative estimate of drug-likeness (QED) is 0.269. The summed E-state index contributed by atoms with van der Waals surface area (Å²) in [4.78, 5) is 31.4. The highest BCUT2D eigenvalue weighted by Crippen LogP contribution is 2.30. The fraction of sp³-hybridized carbons (Fsp3) is 0.333. The Bertz CT molecular complexity index is 573. The van der Waals surface area contributed by atoms with Crippen molar-refractivity contribution < 1.29 is 24.0 Å². The molecular formula is C12H11Cl2NO6. The number of non-ortho nitro benzene ring substituents is 1. The summed E-state index contributed by atoms with van der Waals surface area (Å²) in [5.74, 6) is -2.09. The van der Waals surface area contributed by atoms with E-state index in [9.17, 15) is 19.7 Å². The highest BCUT2D eigenvalue weighted by molar-refractivity contribution is 6.45. The van der Waals surface area contributed by atoms with Crippen LogP contribution in [0.3, 0.4) is 0 Å². The number of halogens is 2. The van der Waals surface area contributed by atoms with Crippen LogP contribution in [0.5, 0.6) is 0 Å². The van der Waals surface area contributed by atoms with E-state index in [0.717, 1.165) is 20.3 Å². The Hall–Kier alpha value is -1.86. The molecule has 0 amide bonds. The van der Waals surface area contributed by atoms with Gasteiger partial charge in [-0.2, -0.15) is 0 Å². The monoisotopic (exact) mass is 335 g/mol. The third-order valence-corrected chi connectivity index (χ3v) is 3.50. The minimum Gasteiger partial charge on any atom is -0.467 e. The summed E-state index contributed by atoms with van der Waals surface area (Å²) in [6.07, 6.45) is -0.408. The number of carbonyl (C=O) groups is 2. The number of nitrogens with zero attached hydrogens (tertiary/aromatic N) is 1. The summed E-state index contributed by atoms with van der Waals surface area (Å²) in [6.45, 7) is 0. The van der Waals surface area contributed by atoms with Crippen LogP contribution < -0.4 is 0 Å². The van der Waals surface area contributed by atoms with Crippen LogP contribution in [-0.2, 0) is 25.5 Å². The number of nitro benzene ring substituents is 1. The lowest BCUT2D eigenvalue weighted by Crippen LogP contribution is -2.45. The lowest BCUT2D eigenvalue weighted by Gasteiger charge is -2.21. The first-order chi connectivity index (χ1) is 9.76. The molecule has 0 radical (unpaired) electrons. The van der Waals surface area contributed by atoms with E-state index in [-0.39, 0.29) is 16.3 Å². The van der Waals surface area contributed by atoms with Crippen LogP contribution in [-0.4, -0.2) is 36.0 Å². The van der Waals surface area contributed by atoms with Crippen LogP contribution in [0.15, 0.2) is 18.2 Å². The Morgan fingerprint density at radius 1 is 1.29 bits per heavy atom. The van der Waals surface area contributed by atoms with Crippen LogP contribution in [0.4, 0.5) is 5.69 Å². The number of carbonyl (C=O) groups excluding carboxylic acids is 2. The van der Waals surface area contributed by atoms with Crippen molar-refractivity contribution in [1.82, 2.24) is 0 Å². The Morgan fingerprint density at radius 3 is 2.24 bits per heavy atom. The van der Waals surface area contributed by atoms with Crippen molar-refractivity contribution in [3.8, 4) is 0 Å². The first-order valence-corrected chi connectivity index (χ1v) is 6.30. The lowest BCUT2D eigenvalue weighted by atomic mass is 9.98. The molecule has 0 unspecified atom stereocenters. The van der Waals surface area contributed by atoms with Gasteiger partial charge < -0.3 is 9.47 Å². The molecule has 1 rings (SSSR count). The number of methoxy groups -OCH3 is 2. The summed E-state index contributed by atoms with van der Waals surface area (Å²) in [5, 5.41) is 10.9. The molecular weight excluding hydrogens is 325 g/mol. The smallest absolute Gasteiger partial charge is 0.338 e. The zero-order valence-electron chi connectivity index (χ0n) is 11.1. The first kappa shape index (κ1) is 17.2. The number of rotatable bonds is 5. The molecule has 0 saturated heterocycles. The van der Waals surface area contributed by atoms with E-state index < -0.39 is 28.2 Å². The predicted octanol–water partition coefficient (Wildman–Crippen LogP) is 2.11. The number of hydrogen-bond donors (Lipinski definition) is 0. The maximum absolute atomic E-state index is 11.7. The molecule has 21 heavy (non-hydrogen) atoms. The molecule has 0 N–H and O–H groups in total. The van der Waals surface area contributed by atoms with Crippen LogP contribution in [0.1, 0.15) is 5.56 Å². The average Bonchev–Trinajstić information content (AvgIpc) is 2.47. The number of esters is 2. The molecule has 0 aliphatic rings. The van der Waals surface area contributed by atoms with Gasteiger partial charge in [0, 0.05) is 23.6 Å². The predicted molar refractivity (Wildman–Crippen MR) is 74.4 cm³/mol. The highest BCUT2D eigenvalue weighted by Gasteiger charge is 2.47. The SMILES string of the molecule is COC(=O)C(Cl)(Cc1cc([N+](=O)[O-])ccc1Cl)C(=O)OC. The number of hydrogen-bond acceptors (Lipinski definition) is 6. The van der Waals surface area contributed by atoms with Crippen molar-refractivity contribution in [2.24, 2.45) is 0 Å². The molecule has 7 nitrogen and oxygen atoms in total.